The van der Waals surface area contributed by atoms with Gasteiger partial charge in [-0.2, -0.15) is 0 Å². The lowest BCUT2D eigenvalue weighted by atomic mass is 10.1. The number of likely N-dealkylation sites (tertiary alicyclic amines) is 1. The summed E-state index contributed by atoms with van der Waals surface area (Å²) in [6.45, 7) is 6.92. The summed E-state index contributed by atoms with van der Waals surface area (Å²) < 4.78 is 26.1. The summed E-state index contributed by atoms with van der Waals surface area (Å²) in [5.41, 5.74) is 1.88. The molecule has 1 aliphatic heterocycles. The molecule has 0 saturated carbocycles. The fourth-order valence-electron chi connectivity index (χ4n) is 4.48. The number of piperidine rings is 1. The number of nitrogens with zero attached hydrogens (tertiary/aromatic N) is 3. The first-order valence-electron chi connectivity index (χ1n) is 11.8. The molecule has 0 bridgehead atoms. The van der Waals surface area contributed by atoms with E-state index in [4.69, 9.17) is 9.47 Å². The first-order chi connectivity index (χ1) is 16.1. The summed E-state index contributed by atoms with van der Waals surface area (Å²) >= 11 is 0. The minimum atomic E-state index is -0.622. The van der Waals surface area contributed by atoms with Crippen LogP contribution in [0.2, 0.25) is 0 Å². The van der Waals surface area contributed by atoms with Gasteiger partial charge < -0.3 is 14.4 Å². The van der Waals surface area contributed by atoms with Crippen molar-refractivity contribution in [2.45, 2.75) is 39.5 Å². The third-order valence-electron chi connectivity index (χ3n) is 6.12. The summed E-state index contributed by atoms with van der Waals surface area (Å²) in [4.78, 5) is 20.5. The zero-order chi connectivity index (χ0) is 23.2. The van der Waals surface area contributed by atoms with E-state index < -0.39 is 6.67 Å². The molecule has 0 aliphatic carbocycles. The molecular formula is C26H32FN3O3. The van der Waals surface area contributed by atoms with Gasteiger partial charge in [-0.05, 0) is 70.0 Å². The lowest BCUT2D eigenvalue weighted by Gasteiger charge is -2.26. The van der Waals surface area contributed by atoms with Crippen LogP contribution in [0.25, 0.3) is 16.6 Å². The molecule has 33 heavy (non-hydrogen) atoms. The number of alkyl halides is 1. The van der Waals surface area contributed by atoms with Crippen LogP contribution in [0.3, 0.4) is 0 Å². The van der Waals surface area contributed by atoms with Crippen LogP contribution in [-0.2, 0) is 0 Å². The highest BCUT2D eigenvalue weighted by Crippen LogP contribution is 2.29. The van der Waals surface area contributed by atoms with Gasteiger partial charge in [0.15, 0.2) is 0 Å². The molecule has 0 spiro atoms. The number of fused-ring (bicyclic) bond motifs is 1. The minimum Gasteiger partial charge on any atom is -0.493 e. The van der Waals surface area contributed by atoms with Gasteiger partial charge in [0, 0.05) is 12.6 Å². The lowest BCUT2D eigenvalue weighted by Crippen LogP contribution is -2.31. The molecule has 0 N–H and O–H groups in total. The molecule has 1 aliphatic rings. The third-order valence-corrected chi connectivity index (χ3v) is 6.12. The Hall–Kier alpha value is -2.93. The second-order valence-corrected chi connectivity index (χ2v) is 8.54. The van der Waals surface area contributed by atoms with Gasteiger partial charge >= 0.3 is 0 Å². The molecular weight excluding hydrogens is 421 g/mol. The quantitative estimate of drug-likeness (QED) is 0.443. The minimum absolute atomic E-state index is 0.0980. The number of ether oxygens (including phenoxy) is 2. The van der Waals surface area contributed by atoms with E-state index in [0.29, 0.717) is 40.5 Å². The average molecular weight is 454 g/mol. The van der Waals surface area contributed by atoms with E-state index in [-0.39, 0.29) is 12.2 Å². The molecule has 1 fully saturated rings. The Morgan fingerprint density at radius 3 is 2.64 bits per heavy atom. The van der Waals surface area contributed by atoms with Crippen LogP contribution < -0.4 is 15.0 Å². The molecule has 3 aromatic rings. The lowest BCUT2D eigenvalue weighted by molar-refractivity contribution is 0.204. The number of rotatable bonds is 9. The molecule has 1 saturated heterocycles. The predicted octanol–water partition coefficient (Wildman–Crippen LogP) is 4.61. The second-order valence-electron chi connectivity index (χ2n) is 8.54. The monoisotopic (exact) mass is 453 g/mol. The molecule has 176 valence electrons. The van der Waals surface area contributed by atoms with Crippen LogP contribution in [0.5, 0.6) is 11.5 Å². The maximum Gasteiger partial charge on any atom is 0.266 e. The van der Waals surface area contributed by atoms with E-state index >= 15 is 0 Å². The van der Waals surface area contributed by atoms with Gasteiger partial charge in [-0.3, -0.25) is 9.36 Å². The van der Waals surface area contributed by atoms with Crippen LogP contribution in [0, 0.1) is 13.8 Å². The summed E-state index contributed by atoms with van der Waals surface area (Å²) in [5, 5.41) is 0.567. The van der Waals surface area contributed by atoms with Crippen molar-refractivity contribution < 1.29 is 13.9 Å². The van der Waals surface area contributed by atoms with Crippen molar-refractivity contribution in [3.05, 3.63) is 58.1 Å². The van der Waals surface area contributed by atoms with Gasteiger partial charge in [0.1, 0.15) is 30.6 Å². The first-order valence-corrected chi connectivity index (χ1v) is 11.8. The Morgan fingerprint density at radius 1 is 1.03 bits per heavy atom. The van der Waals surface area contributed by atoms with Crippen LogP contribution >= 0.6 is 0 Å². The van der Waals surface area contributed by atoms with Crippen molar-refractivity contribution in [2.24, 2.45) is 0 Å². The molecule has 4 rings (SSSR count). The van der Waals surface area contributed by atoms with Crippen molar-refractivity contribution in [1.82, 2.24) is 14.5 Å². The van der Waals surface area contributed by atoms with E-state index in [2.05, 4.69) is 9.88 Å². The van der Waals surface area contributed by atoms with Crippen LogP contribution in [0.15, 0.2) is 41.2 Å². The van der Waals surface area contributed by atoms with Crippen LogP contribution in [-0.4, -0.2) is 54.0 Å². The van der Waals surface area contributed by atoms with E-state index in [0.717, 1.165) is 18.5 Å². The zero-order valence-corrected chi connectivity index (χ0v) is 19.5. The number of benzene rings is 2. The predicted molar refractivity (Wildman–Crippen MR) is 129 cm³/mol. The molecule has 2 aromatic carbocycles. The SMILES string of the molecule is Cc1cccc2nc(C)n(-c3ccc(OCCCN4CCCCC4)cc3OCCF)c(=O)c12. The van der Waals surface area contributed by atoms with Gasteiger partial charge in [0.2, 0.25) is 0 Å². The highest BCUT2D eigenvalue weighted by Gasteiger charge is 2.16. The van der Waals surface area contributed by atoms with Gasteiger partial charge in [0.05, 0.1) is 23.2 Å². The highest BCUT2D eigenvalue weighted by atomic mass is 19.1. The van der Waals surface area contributed by atoms with Crippen LogP contribution in [0.4, 0.5) is 4.39 Å². The number of halogens is 1. The Morgan fingerprint density at radius 2 is 1.85 bits per heavy atom. The van der Waals surface area contributed by atoms with E-state index in [1.807, 2.05) is 31.2 Å². The Bertz CT molecular complexity index is 1160. The Kier molecular flexibility index (Phi) is 7.60. The molecule has 2 heterocycles. The number of aromatic nitrogens is 2. The fraction of sp³-hybridized carbons (Fsp3) is 0.462. The molecule has 0 unspecified atom stereocenters. The molecule has 7 heteroatoms. The van der Waals surface area contributed by atoms with Gasteiger partial charge in [-0.25, -0.2) is 9.37 Å². The Balaban J connectivity index is 1.58. The maximum absolute atomic E-state index is 13.4. The van der Waals surface area contributed by atoms with E-state index in [1.54, 1.807) is 19.1 Å². The van der Waals surface area contributed by atoms with Crippen LogP contribution in [0.1, 0.15) is 37.1 Å². The third kappa shape index (κ3) is 5.36. The van der Waals surface area contributed by atoms with Gasteiger partial charge in [-0.1, -0.05) is 18.6 Å². The van der Waals surface area contributed by atoms with Gasteiger partial charge in [0.25, 0.3) is 5.56 Å². The summed E-state index contributed by atoms with van der Waals surface area (Å²) in [5.74, 6) is 1.58. The molecule has 1 aromatic heterocycles. The summed E-state index contributed by atoms with van der Waals surface area (Å²) in [6.07, 6.45) is 4.82. The highest BCUT2D eigenvalue weighted by molar-refractivity contribution is 5.81. The largest absolute Gasteiger partial charge is 0.493 e. The summed E-state index contributed by atoms with van der Waals surface area (Å²) in [7, 11) is 0. The molecule has 0 radical (unpaired) electrons. The van der Waals surface area contributed by atoms with Gasteiger partial charge in [-0.15, -0.1) is 0 Å². The van der Waals surface area contributed by atoms with Crippen molar-refractivity contribution in [3.8, 4) is 17.2 Å². The number of hydrogen-bond acceptors (Lipinski definition) is 5. The molecule has 0 amide bonds. The zero-order valence-electron chi connectivity index (χ0n) is 19.5. The normalized spacial score (nSPS) is 14.5. The van der Waals surface area contributed by atoms with E-state index in [1.165, 1.54) is 36.9 Å². The average Bonchev–Trinajstić information content (AvgIpc) is 2.82. The second kappa shape index (κ2) is 10.8. The van der Waals surface area contributed by atoms with Crippen molar-refractivity contribution in [2.75, 3.05) is 39.5 Å². The number of hydrogen-bond donors (Lipinski definition) is 0. The maximum atomic E-state index is 13.4. The summed E-state index contributed by atoms with van der Waals surface area (Å²) in [6, 6.07) is 11.0. The number of aryl methyl sites for hydroxylation is 2. The first kappa shape index (κ1) is 23.2. The van der Waals surface area contributed by atoms with E-state index in [9.17, 15) is 9.18 Å². The Labute approximate surface area is 194 Å². The topological polar surface area (TPSA) is 56.6 Å². The van der Waals surface area contributed by atoms with Crippen molar-refractivity contribution in [3.63, 3.8) is 0 Å². The van der Waals surface area contributed by atoms with Crippen molar-refractivity contribution in [1.29, 1.82) is 0 Å². The van der Waals surface area contributed by atoms with Crippen molar-refractivity contribution >= 4 is 10.9 Å². The molecule has 0 atom stereocenters. The fourth-order valence-corrected chi connectivity index (χ4v) is 4.48. The smallest absolute Gasteiger partial charge is 0.266 e. The standard InChI is InChI=1S/C26H32FN3O3/c1-19-8-6-9-22-25(19)26(31)30(20(2)28-22)23-11-10-21(18-24(23)33-17-12-27)32-16-7-15-29-13-4-3-5-14-29/h6,8-11,18H,3-5,7,12-17H2,1-2H3. The molecule has 6 nitrogen and oxygen atoms in total.